The minimum atomic E-state index is -0.00467. The lowest BCUT2D eigenvalue weighted by atomic mass is 9.77. The first-order valence-electron chi connectivity index (χ1n) is 8.23. The van der Waals surface area contributed by atoms with Crippen molar-refractivity contribution < 1.29 is 4.79 Å². The molecule has 1 saturated carbocycles. The molecule has 1 amide bonds. The third-order valence-electron chi connectivity index (χ3n) is 4.83. The van der Waals surface area contributed by atoms with Crippen molar-refractivity contribution in [1.82, 2.24) is 15.6 Å². The molecule has 0 spiro atoms. The highest BCUT2D eigenvalue weighted by Gasteiger charge is 2.34. The van der Waals surface area contributed by atoms with Crippen LogP contribution in [-0.2, 0) is 17.8 Å². The van der Waals surface area contributed by atoms with Gasteiger partial charge in [-0.25, -0.2) is 4.98 Å². The smallest absolute Gasteiger partial charge is 0.237 e. The predicted octanol–water partition coefficient (Wildman–Crippen LogP) is 2.63. The standard InChI is InChI=1S/C16H25N3OS/c1-2-12-9-17-15(21-12)10-18-16(20)14-8-7-11-5-3-4-6-13(11)19-14/h9,11,13-14,19H,2-8,10H2,1H3,(H,18,20). The molecule has 2 N–H and O–H groups in total. The van der Waals surface area contributed by atoms with Crippen LogP contribution < -0.4 is 10.6 Å². The van der Waals surface area contributed by atoms with Gasteiger partial charge in [-0.3, -0.25) is 4.79 Å². The summed E-state index contributed by atoms with van der Waals surface area (Å²) in [5.41, 5.74) is 0. The Labute approximate surface area is 130 Å². The van der Waals surface area contributed by atoms with E-state index in [2.05, 4.69) is 22.5 Å². The lowest BCUT2D eigenvalue weighted by molar-refractivity contribution is -0.124. The van der Waals surface area contributed by atoms with Gasteiger partial charge in [-0.05, 0) is 38.0 Å². The highest BCUT2D eigenvalue weighted by atomic mass is 32.1. The van der Waals surface area contributed by atoms with Gasteiger partial charge in [0.15, 0.2) is 0 Å². The molecule has 0 bridgehead atoms. The van der Waals surface area contributed by atoms with E-state index in [1.165, 1.54) is 37.0 Å². The van der Waals surface area contributed by atoms with Crippen molar-refractivity contribution in [3.05, 3.63) is 16.1 Å². The molecule has 4 nitrogen and oxygen atoms in total. The van der Waals surface area contributed by atoms with E-state index in [9.17, 15) is 4.79 Å². The van der Waals surface area contributed by atoms with Crippen molar-refractivity contribution in [2.45, 2.75) is 70.5 Å². The largest absolute Gasteiger partial charge is 0.348 e. The van der Waals surface area contributed by atoms with Crippen LogP contribution in [0.15, 0.2) is 6.20 Å². The maximum atomic E-state index is 12.3. The highest BCUT2D eigenvalue weighted by molar-refractivity contribution is 7.11. The van der Waals surface area contributed by atoms with Gasteiger partial charge in [0.25, 0.3) is 0 Å². The number of piperidine rings is 1. The Morgan fingerprint density at radius 2 is 2.24 bits per heavy atom. The zero-order chi connectivity index (χ0) is 14.7. The minimum Gasteiger partial charge on any atom is -0.348 e. The third kappa shape index (κ3) is 3.64. The van der Waals surface area contributed by atoms with Crippen molar-refractivity contribution in [3.8, 4) is 0 Å². The first-order chi connectivity index (χ1) is 10.3. The van der Waals surface area contributed by atoms with Crippen LogP contribution in [0, 0.1) is 5.92 Å². The summed E-state index contributed by atoms with van der Waals surface area (Å²) in [5.74, 6) is 0.946. The van der Waals surface area contributed by atoms with Crippen LogP contribution in [0.5, 0.6) is 0 Å². The molecular formula is C16H25N3OS. The van der Waals surface area contributed by atoms with Gasteiger partial charge in [-0.15, -0.1) is 11.3 Å². The lowest BCUT2D eigenvalue weighted by Gasteiger charge is -2.39. The van der Waals surface area contributed by atoms with Crippen LogP contribution in [-0.4, -0.2) is 23.0 Å². The number of nitrogens with one attached hydrogen (secondary N) is 2. The quantitative estimate of drug-likeness (QED) is 0.899. The fraction of sp³-hybridized carbons (Fsp3) is 0.750. The van der Waals surface area contributed by atoms with E-state index in [1.54, 1.807) is 11.3 Å². The average molecular weight is 307 g/mol. The first-order valence-corrected chi connectivity index (χ1v) is 9.05. The maximum Gasteiger partial charge on any atom is 0.237 e. The number of carbonyl (C=O) groups is 1. The average Bonchev–Trinajstić information content (AvgIpc) is 3.00. The van der Waals surface area contributed by atoms with Crippen LogP contribution >= 0.6 is 11.3 Å². The molecule has 0 radical (unpaired) electrons. The molecule has 0 aromatic carbocycles. The van der Waals surface area contributed by atoms with Crippen molar-refractivity contribution in [3.63, 3.8) is 0 Å². The second-order valence-corrected chi connectivity index (χ2v) is 7.44. The van der Waals surface area contributed by atoms with Crippen LogP contribution in [0.25, 0.3) is 0 Å². The Hall–Kier alpha value is -0.940. The Bertz CT molecular complexity index is 488. The third-order valence-corrected chi connectivity index (χ3v) is 5.97. The number of aromatic nitrogens is 1. The van der Waals surface area contributed by atoms with E-state index in [4.69, 9.17) is 0 Å². The number of carbonyl (C=O) groups excluding carboxylic acids is 1. The summed E-state index contributed by atoms with van der Waals surface area (Å²) >= 11 is 1.69. The number of rotatable bonds is 4. The van der Waals surface area contributed by atoms with Crippen LogP contribution in [0.4, 0.5) is 0 Å². The molecule has 116 valence electrons. The fourth-order valence-corrected chi connectivity index (χ4v) is 4.38. The summed E-state index contributed by atoms with van der Waals surface area (Å²) in [6.45, 7) is 2.69. The van der Waals surface area contributed by atoms with Gasteiger partial charge in [0.05, 0.1) is 12.6 Å². The molecule has 1 aliphatic carbocycles. The second-order valence-electron chi connectivity index (χ2n) is 6.24. The molecule has 21 heavy (non-hydrogen) atoms. The van der Waals surface area contributed by atoms with Gasteiger partial charge >= 0.3 is 0 Å². The number of nitrogens with zero attached hydrogens (tertiary/aromatic N) is 1. The van der Waals surface area contributed by atoms with Crippen molar-refractivity contribution >= 4 is 17.2 Å². The molecule has 2 aliphatic rings. The molecule has 5 heteroatoms. The summed E-state index contributed by atoms with van der Waals surface area (Å²) in [4.78, 5) is 18.0. The molecule has 3 unspecified atom stereocenters. The van der Waals surface area contributed by atoms with Crippen molar-refractivity contribution in [1.29, 1.82) is 0 Å². The number of amides is 1. The topological polar surface area (TPSA) is 54.0 Å². The molecular weight excluding hydrogens is 282 g/mol. The Morgan fingerprint density at radius 3 is 3.05 bits per heavy atom. The Kier molecular flexibility index (Phi) is 4.91. The van der Waals surface area contributed by atoms with Crippen molar-refractivity contribution in [2.24, 2.45) is 5.92 Å². The molecule has 1 aromatic heterocycles. The molecule has 1 saturated heterocycles. The summed E-state index contributed by atoms with van der Waals surface area (Å²) in [5, 5.41) is 7.63. The van der Waals surface area contributed by atoms with Gasteiger partial charge in [0.2, 0.25) is 5.91 Å². The van der Waals surface area contributed by atoms with Crippen LogP contribution in [0.1, 0.15) is 55.3 Å². The zero-order valence-electron chi connectivity index (χ0n) is 12.7. The predicted molar refractivity (Wildman–Crippen MR) is 85.2 cm³/mol. The molecule has 2 heterocycles. The molecule has 3 rings (SSSR count). The van der Waals surface area contributed by atoms with Crippen LogP contribution in [0.3, 0.4) is 0 Å². The van der Waals surface area contributed by atoms with E-state index in [0.717, 1.165) is 23.8 Å². The number of fused-ring (bicyclic) bond motifs is 1. The lowest BCUT2D eigenvalue weighted by Crippen LogP contribution is -2.54. The molecule has 3 atom stereocenters. The van der Waals surface area contributed by atoms with E-state index >= 15 is 0 Å². The summed E-state index contributed by atoms with van der Waals surface area (Å²) in [6.07, 6.45) is 10.4. The fourth-order valence-electron chi connectivity index (χ4n) is 3.58. The monoisotopic (exact) mass is 307 g/mol. The van der Waals surface area contributed by atoms with Gasteiger partial charge in [-0.2, -0.15) is 0 Å². The second kappa shape index (κ2) is 6.88. The first kappa shape index (κ1) is 15.0. The van der Waals surface area contributed by atoms with E-state index in [1.807, 2.05) is 6.20 Å². The summed E-state index contributed by atoms with van der Waals surface area (Å²) in [6, 6.07) is 0.560. The molecule has 1 aliphatic heterocycles. The maximum absolute atomic E-state index is 12.3. The molecule has 1 aromatic rings. The Balaban J connectivity index is 1.49. The van der Waals surface area contributed by atoms with Gasteiger partial charge in [0.1, 0.15) is 5.01 Å². The highest BCUT2D eigenvalue weighted by Crippen LogP contribution is 2.32. The normalized spacial score (nSPS) is 28.9. The number of hydrogen-bond donors (Lipinski definition) is 2. The van der Waals surface area contributed by atoms with E-state index in [0.29, 0.717) is 12.6 Å². The SMILES string of the molecule is CCc1cnc(CNC(=O)C2CCC3CCCCC3N2)s1. The number of aryl methyl sites for hydroxylation is 1. The number of hydrogen-bond acceptors (Lipinski definition) is 4. The minimum absolute atomic E-state index is 0.00467. The Morgan fingerprint density at radius 1 is 1.38 bits per heavy atom. The van der Waals surface area contributed by atoms with Gasteiger partial charge in [0, 0.05) is 17.1 Å². The van der Waals surface area contributed by atoms with Gasteiger partial charge < -0.3 is 10.6 Å². The molecule has 2 fully saturated rings. The van der Waals surface area contributed by atoms with Gasteiger partial charge in [-0.1, -0.05) is 19.8 Å². The van der Waals surface area contributed by atoms with Crippen LogP contribution in [0.2, 0.25) is 0 Å². The van der Waals surface area contributed by atoms with E-state index in [-0.39, 0.29) is 11.9 Å². The van der Waals surface area contributed by atoms with Crippen molar-refractivity contribution in [2.75, 3.05) is 0 Å². The summed E-state index contributed by atoms with van der Waals surface area (Å²) < 4.78 is 0. The zero-order valence-corrected chi connectivity index (χ0v) is 13.5. The number of thiazole rings is 1. The summed E-state index contributed by atoms with van der Waals surface area (Å²) in [7, 11) is 0. The van der Waals surface area contributed by atoms with E-state index < -0.39 is 0 Å².